The van der Waals surface area contributed by atoms with Crippen molar-refractivity contribution < 1.29 is 19.0 Å². The van der Waals surface area contributed by atoms with E-state index in [-0.39, 0.29) is 5.97 Å². The maximum atomic E-state index is 11.9. The minimum atomic E-state index is -0.780. The summed E-state index contributed by atoms with van der Waals surface area (Å²) in [6, 6.07) is 0. The van der Waals surface area contributed by atoms with Crippen molar-refractivity contribution in [2.24, 2.45) is 0 Å². The van der Waals surface area contributed by atoms with Crippen molar-refractivity contribution in [2.75, 3.05) is 39.6 Å². The Hall–Kier alpha value is -0.650. The summed E-state index contributed by atoms with van der Waals surface area (Å²) in [5.41, 5.74) is -0.780. The average Bonchev–Trinajstić information content (AvgIpc) is 2.36. The topological polar surface area (TPSA) is 56.8 Å². The van der Waals surface area contributed by atoms with Crippen LogP contribution in [0.5, 0.6) is 0 Å². The van der Waals surface area contributed by atoms with Gasteiger partial charge in [0.25, 0.3) is 0 Å². The molecule has 0 amide bonds. The number of hydrogen-bond acceptors (Lipinski definition) is 5. The van der Waals surface area contributed by atoms with E-state index >= 15 is 0 Å². The fraction of sp³-hybridized carbons (Fsp3) is 0.923. The van der Waals surface area contributed by atoms with Gasteiger partial charge >= 0.3 is 5.97 Å². The molecule has 0 heterocycles. The van der Waals surface area contributed by atoms with E-state index < -0.39 is 5.54 Å². The normalized spacial score (nSPS) is 14.2. The number of carbonyl (C=O) groups excluding carboxylic acids is 1. The van der Waals surface area contributed by atoms with Gasteiger partial charge in [0.2, 0.25) is 0 Å². The molecule has 1 unspecified atom stereocenters. The molecule has 0 rings (SSSR count). The van der Waals surface area contributed by atoms with Crippen molar-refractivity contribution in [2.45, 2.75) is 39.7 Å². The molecule has 0 aliphatic rings. The van der Waals surface area contributed by atoms with Crippen molar-refractivity contribution in [1.82, 2.24) is 5.32 Å². The lowest BCUT2D eigenvalue weighted by atomic mass is 10.0. The number of nitrogens with one attached hydrogen (secondary N) is 1. The van der Waals surface area contributed by atoms with Gasteiger partial charge in [-0.15, -0.1) is 0 Å². The van der Waals surface area contributed by atoms with Crippen LogP contribution in [0.25, 0.3) is 0 Å². The highest BCUT2D eigenvalue weighted by Crippen LogP contribution is 2.08. The predicted octanol–water partition coefficient (Wildman–Crippen LogP) is 1.36. The van der Waals surface area contributed by atoms with Gasteiger partial charge in [-0.3, -0.25) is 0 Å². The Kier molecular flexibility index (Phi) is 9.92. The van der Waals surface area contributed by atoms with Gasteiger partial charge in [-0.25, -0.2) is 4.79 Å². The summed E-state index contributed by atoms with van der Waals surface area (Å²) in [6.07, 6.45) is 0.952. The third kappa shape index (κ3) is 6.93. The second-order valence-electron chi connectivity index (χ2n) is 4.23. The molecule has 5 nitrogen and oxygen atoms in total. The van der Waals surface area contributed by atoms with E-state index in [2.05, 4.69) is 12.2 Å². The zero-order chi connectivity index (χ0) is 13.9. The van der Waals surface area contributed by atoms with Crippen LogP contribution in [0.1, 0.15) is 34.1 Å². The quantitative estimate of drug-likeness (QED) is 0.449. The van der Waals surface area contributed by atoms with Crippen molar-refractivity contribution in [3.8, 4) is 0 Å². The van der Waals surface area contributed by atoms with Crippen molar-refractivity contribution in [3.05, 3.63) is 0 Å². The summed E-state index contributed by atoms with van der Waals surface area (Å²) in [6.45, 7) is 10.7. The Bertz CT molecular complexity index is 223. The Morgan fingerprint density at radius 1 is 1.11 bits per heavy atom. The minimum absolute atomic E-state index is 0.269. The first-order chi connectivity index (χ1) is 8.60. The molecule has 0 aromatic rings. The van der Waals surface area contributed by atoms with Gasteiger partial charge in [0, 0.05) is 6.61 Å². The van der Waals surface area contributed by atoms with Crippen LogP contribution in [0.2, 0.25) is 0 Å². The molecule has 0 aliphatic carbocycles. The molecule has 0 saturated carbocycles. The lowest BCUT2D eigenvalue weighted by molar-refractivity contribution is -0.153. The third-order valence-electron chi connectivity index (χ3n) is 2.46. The number of rotatable bonds is 11. The largest absolute Gasteiger partial charge is 0.465 e. The second-order valence-corrected chi connectivity index (χ2v) is 4.23. The molecular formula is C13H27NO4. The summed E-state index contributed by atoms with van der Waals surface area (Å²) in [5.74, 6) is -0.269. The Morgan fingerprint density at radius 3 is 2.33 bits per heavy atom. The smallest absolute Gasteiger partial charge is 0.328 e. The van der Waals surface area contributed by atoms with Gasteiger partial charge in [-0.1, -0.05) is 6.92 Å². The molecule has 0 radical (unpaired) electrons. The lowest BCUT2D eigenvalue weighted by Crippen LogP contribution is -2.54. The van der Waals surface area contributed by atoms with Gasteiger partial charge in [-0.05, 0) is 33.7 Å². The lowest BCUT2D eigenvalue weighted by Gasteiger charge is -2.28. The van der Waals surface area contributed by atoms with E-state index in [0.717, 1.165) is 13.0 Å². The van der Waals surface area contributed by atoms with Crippen LogP contribution in [0.15, 0.2) is 0 Å². The van der Waals surface area contributed by atoms with Crippen LogP contribution in [-0.2, 0) is 19.0 Å². The van der Waals surface area contributed by atoms with E-state index in [4.69, 9.17) is 14.2 Å². The van der Waals surface area contributed by atoms with Crippen molar-refractivity contribution >= 4 is 5.97 Å². The van der Waals surface area contributed by atoms with E-state index in [1.807, 2.05) is 6.92 Å². The first-order valence-corrected chi connectivity index (χ1v) is 6.68. The number of ether oxygens (including phenoxy) is 3. The summed E-state index contributed by atoms with van der Waals surface area (Å²) in [4.78, 5) is 11.9. The van der Waals surface area contributed by atoms with Crippen molar-refractivity contribution in [1.29, 1.82) is 0 Å². The first-order valence-electron chi connectivity index (χ1n) is 6.68. The van der Waals surface area contributed by atoms with Gasteiger partial charge in [0.15, 0.2) is 0 Å². The highest BCUT2D eigenvalue weighted by Gasteiger charge is 2.34. The Labute approximate surface area is 110 Å². The van der Waals surface area contributed by atoms with Crippen LogP contribution in [0.4, 0.5) is 0 Å². The Morgan fingerprint density at radius 2 is 1.78 bits per heavy atom. The molecule has 5 heteroatoms. The molecule has 0 aromatic heterocycles. The minimum Gasteiger partial charge on any atom is -0.465 e. The SMILES string of the molecule is CCCNC(C)(COCCOCC)C(=O)OCC. The highest BCUT2D eigenvalue weighted by molar-refractivity contribution is 5.80. The molecule has 18 heavy (non-hydrogen) atoms. The molecule has 0 aliphatic heterocycles. The molecule has 1 atom stereocenters. The number of esters is 1. The highest BCUT2D eigenvalue weighted by atomic mass is 16.5. The Balaban J connectivity index is 4.15. The molecule has 108 valence electrons. The summed E-state index contributed by atoms with van der Waals surface area (Å²) in [5, 5.41) is 3.18. The zero-order valence-corrected chi connectivity index (χ0v) is 12.1. The molecular weight excluding hydrogens is 234 g/mol. The van der Waals surface area contributed by atoms with Crippen LogP contribution in [0.3, 0.4) is 0 Å². The standard InChI is InChI=1S/C13H27NO4/c1-5-8-14-13(4,12(15)18-7-3)11-17-10-9-16-6-2/h14H,5-11H2,1-4H3. The number of hydrogen-bond donors (Lipinski definition) is 1. The number of carbonyl (C=O) groups is 1. The molecule has 0 fully saturated rings. The maximum absolute atomic E-state index is 11.9. The van der Waals surface area contributed by atoms with E-state index in [1.165, 1.54) is 0 Å². The van der Waals surface area contributed by atoms with Crippen LogP contribution < -0.4 is 5.32 Å². The summed E-state index contributed by atoms with van der Waals surface area (Å²) < 4.78 is 15.7. The first kappa shape index (κ1) is 17.4. The van der Waals surface area contributed by atoms with Crippen LogP contribution in [0, 0.1) is 0 Å². The fourth-order valence-electron chi connectivity index (χ4n) is 1.41. The van der Waals surface area contributed by atoms with Gasteiger partial charge in [0.05, 0.1) is 26.4 Å². The maximum Gasteiger partial charge on any atom is 0.328 e. The molecule has 0 saturated heterocycles. The molecule has 0 aromatic carbocycles. The summed E-state index contributed by atoms with van der Waals surface area (Å²) >= 11 is 0. The second kappa shape index (κ2) is 10.3. The van der Waals surface area contributed by atoms with Gasteiger partial charge < -0.3 is 19.5 Å². The third-order valence-corrected chi connectivity index (χ3v) is 2.46. The fourth-order valence-corrected chi connectivity index (χ4v) is 1.41. The molecule has 1 N–H and O–H groups in total. The van der Waals surface area contributed by atoms with Crippen LogP contribution >= 0.6 is 0 Å². The van der Waals surface area contributed by atoms with E-state index in [0.29, 0.717) is 33.0 Å². The predicted molar refractivity (Wildman–Crippen MR) is 70.6 cm³/mol. The molecule has 0 spiro atoms. The average molecular weight is 261 g/mol. The van der Waals surface area contributed by atoms with Gasteiger partial charge in [0.1, 0.15) is 5.54 Å². The van der Waals surface area contributed by atoms with Crippen LogP contribution in [-0.4, -0.2) is 51.1 Å². The van der Waals surface area contributed by atoms with E-state index in [1.54, 1.807) is 13.8 Å². The summed E-state index contributed by atoms with van der Waals surface area (Å²) in [7, 11) is 0. The zero-order valence-electron chi connectivity index (χ0n) is 12.1. The van der Waals surface area contributed by atoms with Crippen molar-refractivity contribution in [3.63, 3.8) is 0 Å². The van der Waals surface area contributed by atoms with Gasteiger partial charge in [-0.2, -0.15) is 0 Å². The monoisotopic (exact) mass is 261 g/mol. The van der Waals surface area contributed by atoms with E-state index in [9.17, 15) is 4.79 Å². The molecule has 0 bridgehead atoms.